The maximum absolute atomic E-state index is 11.9. The van der Waals surface area contributed by atoms with Gasteiger partial charge in [0.15, 0.2) is 0 Å². The second-order valence-electron chi connectivity index (χ2n) is 5.54. The third kappa shape index (κ3) is 4.99. The van der Waals surface area contributed by atoms with E-state index in [0.717, 1.165) is 26.3 Å². The predicted octanol–water partition coefficient (Wildman–Crippen LogP) is 1.56. The highest BCUT2D eigenvalue weighted by Crippen LogP contribution is 2.12. The fourth-order valence-electron chi connectivity index (χ4n) is 2.50. The number of rotatable bonds is 5. The van der Waals surface area contributed by atoms with Crippen LogP contribution in [0.2, 0.25) is 0 Å². The zero-order valence-corrected chi connectivity index (χ0v) is 12.7. The molecule has 1 aliphatic heterocycles. The Morgan fingerprint density at radius 1 is 1.43 bits per heavy atom. The van der Waals surface area contributed by atoms with Crippen LogP contribution in [0.3, 0.4) is 0 Å². The van der Waals surface area contributed by atoms with Crippen LogP contribution >= 0.6 is 0 Å². The molecule has 1 atom stereocenters. The summed E-state index contributed by atoms with van der Waals surface area (Å²) in [7, 11) is 0. The summed E-state index contributed by atoms with van der Waals surface area (Å²) in [5.41, 5.74) is 0.697. The number of hydrogen-bond acceptors (Lipinski definition) is 4. The van der Waals surface area contributed by atoms with Crippen LogP contribution in [0.4, 0.5) is 10.5 Å². The van der Waals surface area contributed by atoms with Crippen molar-refractivity contribution in [3.63, 3.8) is 0 Å². The SMILES string of the molecule is CC(C)C(CNC(=O)Nc1cccnc1)N1CCOCC1. The highest BCUT2D eigenvalue weighted by atomic mass is 16.5. The van der Waals surface area contributed by atoms with Crippen LogP contribution in [0.5, 0.6) is 0 Å². The monoisotopic (exact) mass is 292 g/mol. The van der Waals surface area contributed by atoms with Crippen LogP contribution in [0, 0.1) is 5.92 Å². The van der Waals surface area contributed by atoms with Gasteiger partial charge in [0.05, 0.1) is 25.1 Å². The van der Waals surface area contributed by atoms with Crippen molar-refractivity contribution in [1.29, 1.82) is 0 Å². The Morgan fingerprint density at radius 3 is 2.81 bits per heavy atom. The molecule has 0 spiro atoms. The number of pyridine rings is 1. The van der Waals surface area contributed by atoms with E-state index in [1.54, 1.807) is 18.5 Å². The van der Waals surface area contributed by atoms with Crippen molar-refractivity contribution in [2.24, 2.45) is 5.92 Å². The first-order valence-corrected chi connectivity index (χ1v) is 7.43. The molecule has 2 rings (SSSR count). The molecule has 1 saturated heterocycles. The van der Waals surface area contributed by atoms with Gasteiger partial charge in [-0.2, -0.15) is 0 Å². The van der Waals surface area contributed by atoms with Gasteiger partial charge in [-0.3, -0.25) is 9.88 Å². The van der Waals surface area contributed by atoms with Gasteiger partial charge in [0.2, 0.25) is 0 Å². The number of nitrogens with zero attached hydrogens (tertiary/aromatic N) is 2. The van der Waals surface area contributed by atoms with Crippen molar-refractivity contribution in [1.82, 2.24) is 15.2 Å². The number of ether oxygens (including phenoxy) is 1. The summed E-state index contributed by atoms with van der Waals surface area (Å²) in [4.78, 5) is 18.3. The number of morpholine rings is 1. The van der Waals surface area contributed by atoms with Gasteiger partial charge in [-0.25, -0.2) is 4.79 Å². The van der Waals surface area contributed by atoms with E-state index in [-0.39, 0.29) is 6.03 Å². The van der Waals surface area contributed by atoms with Crippen LogP contribution < -0.4 is 10.6 Å². The van der Waals surface area contributed by atoms with E-state index in [1.807, 2.05) is 6.07 Å². The zero-order chi connectivity index (χ0) is 15.1. The molecule has 0 aliphatic carbocycles. The lowest BCUT2D eigenvalue weighted by atomic mass is 10.0. The van der Waals surface area contributed by atoms with Crippen molar-refractivity contribution >= 4 is 11.7 Å². The molecule has 0 saturated carbocycles. The number of carbonyl (C=O) groups excluding carboxylic acids is 1. The van der Waals surface area contributed by atoms with E-state index in [0.29, 0.717) is 24.2 Å². The molecule has 1 aromatic rings. The first-order chi connectivity index (χ1) is 10.2. The minimum atomic E-state index is -0.193. The Bertz CT molecular complexity index is 433. The Hall–Kier alpha value is -1.66. The second-order valence-corrected chi connectivity index (χ2v) is 5.54. The van der Waals surface area contributed by atoms with E-state index in [4.69, 9.17) is 4.74 Å². The maximum Gasteiger partial charge on any atom is 0.319 e. The third-order valence-corrected chi connectivity index (χ3v) is 3.68. The predicted molar refractivity (Wildman–Crippen MR) is 82.3 cm³/mol. The molecular formula is C15H24N4O2. The molecule has 6 heteroatoms. The summed E-state index contributed by atoms with van der Waals surface area (Å²) >= 11 is 0. The van der Waals surface area contributed by atoms with E-state index in [1.165, 1.54) is 0 Å². The molecular weight excluding hydrogens is 268 g/mol. The molecule has 116 valence electrons. The Labute approximate surface area is 125 Å². The minimum absolute atomic E-state index is 0.193. The lowest BCUT2D eigenvalue weighted by molar-refractivity contribution is 0.00728. The van der Waals surface area contributed by atoms with Gasteiger partial charge >= 0.3 is 6.03 Å². The van der Waals surface area contributed by atoms with Crippen LogP contribution in [0.25, 0.3) is 0 Å². The fourth-order valence-corrected chi connectivity index (χ4v) is 2.50. The summed E-state index contributed by atoms with van der Waals surface area (Å²) in [5, 5.41) is 5.73. The van der Waals surface area contributed by atoms with Crippen LogP contribution in [-0.2, 0) is 4.74 Å². The van der Waals surface area contributed by atoms with Gasteiger partial charge in [-0.15, -0.1) is 0 Å². The first-order valence-electron chi connectivity index (χ1n) is 7.43. The first kappa shape index (κ1) is 15.7. The van der Waals surface area contributed by atoms with E-state index in [9.17, 15) is 4.79 Å². The van der Waals surface area contributed by atoms with Gasteiger partial charge in [0.25, 0.3) is 0 Å². The maximum atomic E-state index is 11.9. The number of urea groups is 1. The molecule has 2 heterocycles. The van der Waals surface area contributed by atoms with Gasteiger partial charge in [0.1, 0.15) is 0 Å². The lowest BCUT2D eigenvalue weighted by Crippen LogP contribution is -2.51. The third-order valence-electron chi connectivity index (χ3n) is 3.68. The van der Waals surface area contributed by atoms with Crippen molar-refractivity contribution in [2.45, 2.75) is 19.9 Å². The smallest absolute Gasteiger partial charge is 0.319 e. The molecule has 1 aromatic heterocycles. The fraction of sp³-hybridized carbons (Fsp3) is 0.600. The topological polar surface area (TPSA) is 66.5 Å². The normalized spacial score (nSPS) is 17.5. The second kappa shape index (κ2) is 7.95. The molecule has 1 fully saturated rings. The standard InChI is InChI=1S/C15H24N4O2/c1-12(2)14(19-6-8-21-9-7-19)11-17-15(20)18-13-4-3-5-16-10-13/h3-5,10,12,14H,6-9,11H2,1-2H3,(H2,17,18,20). The summed E-state index contributed by atoms with van der Waals surface area (Å²) in [5.74, 6) is 0.474. The minimum Gasteiger partial charge on any atom is -0.379 e. The van der Waals surface area contributed by atoms with E-state index in [2.05, 4.69) is 34.4 Å². The molecule has 0 radical (unpaired) electrons. The number of anilines is 1. The zero-order valence-electron chi connectivity index (χ0n) is 12.7. The average Bonchev–Trinajstić information content (AvgIpc) is 2.49. The molecule has 2 amide bonds. The van der Waals surface area contributed by atoms with Crippen LogP contribution in [-0.4, -0.2) is 54.8 Å². The number of hydrogen-bond donors (Lipinski definition) is 2. The Balaban J connectivity index is 1.82. The van der Waals surface area contributed by atoms with E-state index >= 15 is 0 Å². The highest BCUT2D eigenvalue weighted by Gasteiger charge is 2.24. The van der Waals surface area contributed by atoms with Crippen LogP contribution in [0.1, 0.15) is 13.8 Å². The Kier molecular flexibility index (Phi) is 5.95. The highest BCUT2D eigenvalue weighted by molar-refractivity contribution is 5.88. The number of carbonyl (C=O) groups is 1. The lowest BCUT2D eigenvalue weighted by Gasteiger charge is -2.36. The van der Waals surface area contributed by atoms with Crippen molar-refractivity contribution in [3.05, 3.63) is 24.5 Å². The van der Waals surface area contributed by atoms with Crippen molar-refractivity contribution in [3.8, 4) is 0 Å². The largest absolute Gasteiger partial charge is 0.379 e. The summed E-state index contributed by atoms with van der Waals surface area (Å²) in [6, 6.07) is 3.74. The Morgan fingerprint density at radius 2 is 2.19 bits per heavy atom. The van der Waals surface area contributed by atoms with Gasteiger partial charge in [-0.1, -0.05) is 13.8 Å². The molecule has 0 bridgehead atoms. The number of aromatic nitrogens is 1. The van der Waals surface area contributed by atoms with Gasteiger partial charge < -0.3 is 15.4 Å². The molecule has 1 aliphatic rings. The van der Waals surface area contributed by atoms with Crippen LogP contribution in [0.15, 0.2) is 24.5 Å². The molecule has 1 unspecified atom stereocenters. The average molecular weight is 292 g/mol. The summed E-state index contributed by atoms with van der Waals surface area (Å²) < 4.78 is 5.39. The molecule has 21 heavy (non-hydrogen) atoms. The van der Waals surface area contributed by atoms with Gasteiger partial charge in [0, 0.05) is 31.9 Å². The van der Waals surface area contributed by atoms with Crippen molar-refractivity contribution in [2.75, 3.05) is 38.2 Å². The van der Waals surface area contributed by atoms with Gasteiger partial charge in [-0.05, 0) is 18.1 Å². The van der Waals surface area contributed by atoms with E-state index < -0.39 is 0 Å². The summed E-state index contributed by atoms with van der Waals surface area (Å²) in [6.07, 6.45) is 3.30. The number of nitrogens with one attached hydrogen (secondary N) is 2. The quantitative estimate of drug-likeness (QED) is 0.864. The molecule has 6 nitrogen and oxygen atoms in total. The molecule has 0 aromatic carbocycles. The summed E-state index contributed by atoms with van der Waals surface area (Å²) in [6.45, 7) is 8.38. The molecule has 2 N–H and O–H groups in total. The van der Waals surface area contributed by atoms with Crippen molar-refractivity contribution < 1.29 is 9.53 Å². The number of amides is 2.